The SMILES string of the molecule is COc1ccc(CC(=O)N2CCCN(C(=O)OC(C)(C)C)CC2)cc1OC. The van der Waals surface area contributed by atoms with Crippen LogP contribution in [0.1, 0.15) is 32.8 Å². The molecule has 0 radical (unpaired) electrons. The van der Waals surface area contributed by atoms with E-state index >= 15 is 0 Å². The molecule has 0 bridgehead atoms. The van der Waals surface area contributed by atoms with Gasteiger partial charge in [0.05, 0.1) is 20.6 Å². The van der Waals surface area contributed by atoms with Gasteiger partial charge in [0, 0.05) is 26.2 Å². The lowest BCUT2D eigenvalue weighted by Gasteiger charge is -2.26. The van der Waals surface area contributed by atoms with Gasteiger partial charge in [-0.15, -0.1) is 0 Å². The fraction of sp³-hybridized carbons (Fsp3) is 0.600. The lowest BCUT2D eigenvalue weighted by Crippen LogP contribution is -2.40. The quantitative estimate of drug-likeness (QED) is 0.806. The van der Waals surface area contributed by atoms with E-state index in [-0.39, 0.29) is 18.4 Å². The van der Waals surface area contributed by atoms with Crippen LogP contribution in [0, 0.1) is 0 Å². The van der Waals surface area contributed by atoms with E-state index in [2.05, 4.69) is 0 Å². The average Bonchev–Trinajstić information content (AvgIpc) is 2.86. The first kappa shape index (κ1) is 20.9. The third-order valence-electron chi connectivity index (χ3n) is 4.30. The second kappa shape index (κ2) is 8.97. The summed E-state index contributed by atoms with van der Waals surface area (Å²) in [5, 5.41) is 0. The van der Waals surface area contributed by atoms with E-state index in [1.165, 1.54) is 0 Å². The number of nitrogens with zero attached hydrogens (tertiary/aromatic N) is 2. The second-order valence-corrected chi connectivity index (χ2v) is 7.57. The van der Waals surface area contributed by atoms with Crippen molar-refractivity contribution in [2.75, 3.05) is 40.4 Å². The predicted molar refractivity (Wildman–Crippen MR) is 102 cm³/mol. The summed E-state index contributed by atoms with van der Waals surface area (Å²) < 4.78 is 16.0. The van der Waals surface area contributed by atoms with Crippen molar-refractivity contribution in [2.24, 2.45) is 0 Å². The maximum absolute atomic E-state index is 12.7. The minimum absolute atomic E-state index is 0.0354. The molecule has 7 heteroatoms. The van der Waals surface area contributed by atoms with Gasteiger partial charge in [-0.3, -0.25) is 4.79 Å². The molecule has 27 heavy (non-hydrogen) atoms. The maximum atomic E-state index is 12.7. The van der Waals surface area contributed by atoms with Gasteiger partial charge in [-0.05, 0) is 44.9 Å². The molecule has 1 aliphatic heterocycles. The molecule has 1 saturated heterocycles. The van der Waals surface area contributed by atoms with Gasteiger partial charge in [0.1, 0.15) is 5.60 Å². The fourth-order valence-electron chi connectivity index (χ4n) is 2.95. The first-order chi connectivity index (χ1) is 12.7. The van der Waals surface area contributed by atoms with Gasteiger partial charge in [-0.1, -0.05) is 6.07 Å². The van der Waals surface area contributed by atoms with Crippen LogP contribution in [0.25, 0.3) is 0 Å². The van der Waals surface area contributed by atoms with Gasteiger partial charge in [0.15, 0.2) is 11.5 Å². The first-order valence-corrected chi connectivity index (χ1v) is 9.20. The second-order valence-electron chi connectivity index (χ2n) is 7.57. The smallest absolute Gasteiger partial charge is 0.410 e. The lowest BCUT2D eigenvalue weighted by molar-refractivity contribution is -0.130. The molecular formula is C20H30N2O5. The number of hydrogen-bond donors (Lipinski definition) is 0. The Bertz CT molecular complexity index is 669. The molecule has 0 aliphatic carbocycles. The van der Waals surface area contributed by atoms with E-state index in [0.29, 0.717) is 37.7 Å². The number of amides is 2. The summed E-state index contributed by atoms with van der Waals surface area (Å²) in [7, 11) is 3.15. The van der Waals surface area contributed by atoms with Crippen molar-refractivity contribution in [1.29, 1.82) is 0 Å². The summed E-state index contributed by atoms with van der Waals surface area (Å²) in [5.41, 5.74) is 0.345. The molecule has 1 aromatic rings. The molecule has 2 rings (SSSR count). The molecule has 1 aromatic carbocycles. The Morgan fingerprint density at radius 3 is 2.22 bits per heavy atom. The van der Waals surface area contributed by atoms with Gasteiger partial charge < -0.3 is 24.0 Å². The third-order valence-corrected chi connectivity index (χ3v) is 4.30. The predicted octanol–water partition coefficient (Wildman–Crippen LogP) is 2.72. The highest BCUT2D eigenvalue weighted by atomic mass is 16.6. The van der Waals surface area contributed by atoms with Crippen LogP contribution >= 0.6 is 0 Å². The Hall–Kier alpha value is -2.44. The highest BCUT2D eigenvalue weighted by Crippen LogP contribution is 2.28. The molecule has 150 valence electrons. The van der Waals surface area contributed by atoms with Gasteiger partial charge in [-0.25, -0.2) is 4.79 Å². The normalized spacial score (nSPS) is 15.1. The molecule has 7 nitrogen and oxygen atoms in total. The number of rotatable bonds is 4. The van der Waals surface area contributed by atoms with Gasteiger partial charge >= 0.3 is 6.09 Å². The maximum Gasteiger partial charge on any atom is 0.410 e. The van der Waals surface area contributed by atoms with E-state index in [4.69, 9.17) is 14.2 Å². The van der Waals surface area contributed by atoms with Crippen LogP contribution in [0.3, 0.4) is 0 Å². The zero-order valence-corrected chi connectivity index (χ0v) is 16.9. The van der Waals surface area contributed by atoms with E-state index in [0.717, 1.165) is 12.0 Å². The molecule has 1 fully saturated rings. The standard InChI is InChI=1S/C20H30N2O5/c1-20(2,3)27-19(24)22-10-6-9-21(11-12-22)18(23)14-15-7-8-16(25-4)17(13-15)26-5/h7-8,13H,6,9-12,14H2,1-5H3. The van der Waals surface area contributed by atoms with E-state index in [9.17, 15) is 9.59 Å². The molecular weight excluding hydrogens is 348 g/mol. The Labute approximate surface area is 161 Å². The Balaban J connectivity index is 1.95. The van der Waals surface area contributed by atoms with Crippen molar-refractivity contribution >= 4 is 12.0 Å². The number of benzene rings is 1. The Morgan fingerprint density at radius 1 is 0.963 bits per heavy atom. The van der Waals surface area contributed by atoms with Crippen LogP contribution in [-0.2, 0) is 16.0 Å². The average molecular weight is 378 g/mol. The van der Waals surface area contributed by atoms with Crippen molar-refractivity contribution in [1.82, 2.24) is 9.80 Å². The van der Waals surface area contributed by atoms with Gasteiger partial charge in [-0.2, -0.15) is 0 Å². The zero-order valence-electron chi connectivity index (χ0n) is 16.9. The monoisotopic (exact) mass is 378 g/mol. The zero-order chi connectivity index (χ0) is 20.0. The number of ether oxygens (including phenoxy) is 3. The van der Waals surface area contributed by atoms with Crippen LogP contribution in [0.5, 0.6) is 11.5 Å². The summed E-state index contributed by atoms with van der Waals surface area (Å²) in [6.07, 6.45) is 0.695. The summed E-state index contributed by atoms with van der Waals surface area (Å²) in [5.74, 6) is 1.28. The summed E-state index contributed by atoms with van der Waals surface area (Å²) >= 11 is 0. The molecule has 1 heterocycles. The molecule has 0 saturated carbocycles. The van der Waals surface area contributed by atoms with E-state index < -0.39 is 5.60 Å². The summed E-state index contributed by atoms with van der Waals surface area (Å²) in [6, 6.07) is 5.49. The summed E-state index contributed by atoms with van der Waals surface area (Å²) in [4.78, 5) is 28.4. The third kappa shape index (κ3) is 6.05. The highest BCUT2D eigenvalue weighted by Gasteiger charge is 2.26. The minimum atomic E-state index is -0.522. The number of methoxy groups -OCH3 is 2. The van der Waals surface area contributed by atoms with Crippen molar-refractivity contribution in [3.63, 3.8) is 0 Å². The Kier molecular flexibility index (Phi) is 6.93. The molecule has 1 aliphatic rings. The topological polar surface area (TPSA) is 68.3 Å². The molecule has 0 N–H and O–H groups in total. The summed E-state index contributed by atoms with van der Waals surface area (Å²) in [6.45, 7) is 7.75. The number of hydrogen-bond acceptors (Lipinski definition) is 5. The fourth-order valence-corrected chi connectivity index (χ4v) is 2.95. The van der Waals surface area contributed by atoms with Crippen molar-refractivity contribution in [2.45, 2.75) is 39.2 Å². The molecule has 2 amide bonds. The van der Waals surface area contributed by atoms with E-state index in [1.54, 1.807) is 30.1 Å². The molecule has 0 spiro atoms. The highest BCUT2D eigenvalue weighted by molar-refractivity contribution is 5.79. The van der Waals surface area contributed by atoms with Gasteiger partial charge in [0.25, 0.3) is 0 Å². The van der Waals surface area contributed by atoms with Crippen LogP contribution in [0.2, 0.25) is 0 Å². The van der Waals surface area contributed by atoms with Crippen LogP contribution in [0.15, 0.2) is 18.2 Å². The molecule has 0 atom stereocenters. The first-order valence-electron chi connectivity index (χ1n) is 9.20. The van der Waals surface area contributed by atoms with E-state index in [1.807, 2.05) is 32.9 Å². The van der Waals surface area contributed by atoms with Crippen LogP contribution in [0.4, 0.5) is 4.79 Å². The number of carbonyl (C=O) groups is 2. The van der Waals surface area contributed by atoms with Crippen molar-refractivity contribution < 1.29 is 23.8 Å². The van der Waals surface area contributed by atoms with Crippen LogP contribution in [-0.4, -0.2) is 67.8 Å². The van der Waals surface area contributed by atoms with Crippen LogP contribution < -0.4 is 9.47 Å². The largest absolute Gasteiger partial charge is 0.493 e. The van der Waals surface area contributed by atoms with Gasteiger partial charge in [0.2, 0.25) is 5.91 Å². The van der Waals surface area contributed by atoms with Crippen molar-refractivity contribution in [3.05, 3.63) is 23.8 Å². The lowest BCUT2D eigenvalue weighted by atomic mass is 10.1. The minimum Gasteiger partial charge on any atom is -0.493 e. The van der Waals surface area contributed by atoms with Crippen molar-refractivity contribution in [3.8, 4) is 11.5 Å². The molecule has 0 aromatic heterocycles. The number of carbonyl (C=O) groups excluding carboxylic acids is 2. The Morgan fingerprint density at radius 2 is 1.59 bits per heavy atom. The molecule has 0 unspecified atom stereocenters.